The smallest absolute Gasteiger partial charge is 0.208 e. The van der Waals surface area contributed by atoms with Gasteiger partial charge in [-0.05, 0) is 31.5 Å². The lowest BCUT2D eigenvalue weighted by Crippen LogP contribution is -2.18. The van der Waals surface area contributed by atoms with Gasteiger partial charge in [0.15, 0.2) is 0 Å². The van der Waals surface area contributed by atoms with Crippen molar-refractivity contribution in [3.8, 4) is 0 Å². The van der Waals surface area contributed by atoms with Gasteiger partial charge in [-0.2, -0.15) is 0 Å². The number of hydrogen-bond acceptors (Lipinski definition) is 3. The van der Waals surface area contributed by atoms with E-state index >= 15 is 0 Å². The first-order chi connectivity index (χ1) is 8.15. The van der Waals surface area contributed by atoms with Crippen molar-refractivity contribution in [2.75, 3.05) is 0 Å². The maximum absolute atomic E-state index is 13.0. The van der Waals surface area contributed by atoms with Gasteiger partial charge in [-0.3, -0.25) is 0 Å². The molecule has 0 aliphatic rings. The molecule has 0 bridgehead atoms. The Morgan fingerprint density at radius 2 is 2.29 bits per heavy atom. The molecule has 1 N–H and O–H groups in total. The molecule has 1 unspecified atom stereocenters. The molecule has 1 heterocycles. The van der Waals surface area contributed by atoms with Crippen LogP contribution in [0.15, 0.2) is 34.9 Å². The molecule has 0 aliphatic carbocycles. The van der Waals surface area contributed by atoms with Crippen LogP contribution in [0.4, 0.5) is 4.39 Å². The molecule has 3 nitrogen and oxygen atoms in total. The molecule has 2 aromatic rings. The zero-order chi connectivity index (χ0) is 12.3. The summed E-state index contributed by atoms with van der Waals surface area (Å²) in [5, 5.41) is 3.23. The van der Waals surface area contributed by atoms with E-state index in [2.05, 4.69) is 10.3 Å². The summed E-state index contributed by atoms with van der Waals surface area (Å²) >= 11 is 0. The molecule has 0 saturated carbocycles. The van der Waals surface area contributed by atoms with Gasteiger partial charge >= 0.3 is 0 Å². The highest BCUT2D eigenvalue weighted by molar-refractivity contribution is 5.19. The number of nitrogens with one attached hydrogen (secondary N) is 1. The lowest BCUT2D eigenvalue weighted by molar-refractivity contribution is 0.432. The van der Waals surface area contributed by atoms with Gasteiger partial charge < -0.3 is 9.73 Å². The number of halogens is 1. The Balaban J connectivity index is 1.95. The number of rotatable bonds is 4. The highest BCUT2D eigenvalue weighted by Crippen LogP contribution is 2.14. The van der Waals surface area contributed by atoms with Gasteiger partial charge in [0.05, 0.1) is 12.7 Å². The SMILES string of the molecule is Cc1cnc(CNC(C)c2cccc(F)c2)o1. The average Bonchev–Trinajstić information content (AvgIpc) is 2.72. The summed E-state index contributed by atoms with van der Waals surface area (Å²) in [6.07, 6.45) is 1.68. The molecule has 17 heavy (non-hydrogen) atoms. The van der Waals surface area contributed by atoms with Crippen molar-refractivity contribution in [1.82, 2.24) is 10.3 Å². The number of aromatic nitrogens is 1. The van der Waals surface area contributed by atoms with Gasteiger partial charge in [0.2, 0.25) is 5.89 Å². The molecule has 0 amide bonds. The van der Waals surface area contributed by atoms with Crippen LogP contribution in [-0.4, -0.2) is 4.98 Å². The fourth-order valence-corrected chi connectivity index (χ4v) is 1.62. The van der Waals surface area contributed by atoms with Gasteiger partial charge in [-0.1, -0.05) is 12.1 Å². The first-order valence-corrected chi connectivity index (χ1v) is 5.55. The molecule has 0 aliphatic heterocycles. The fraction of sp³-hybridized carbons (Fsp3) is 0.308. The third-order valence-electron chi connectivity index (χ3n) is 2.58. The first kappa shape index (κ1) is 11.8. The summed E-state index contributed by atoms with van der Waals surface area (Å²) in [6, 6.07) is 6.61. The molecular weight excluding hydrogens is 219 g/mol. The first-order valence-electron chi connectivity index (χ1n) is 5.55. The Bertz CT molecular complexity index is 496. The second-order valence-corrected chi connectivity index (χ2v) is 4.02. The molecular formula is C13H15FN2O. The molecule has 0 spiro atoms. The van der Waals surface area contributed by atoms with Gasteiger partial charge in [0.1, 0.15) is 11.6 Å². The largest absolute Gasteiger partial charge is 0.445 e. The van der Waals surface area contributed by atoms with E-state index in [1.165, 1.54) is 12.1 Å². The quantitative estimate of drug-likeness (QED) is 0.883. The van der Waals surface area contributed by atoms with E-state index in [9.17, 15) is 4.39 Å². The van der Waals surface area contributed by atoms with Crippen molar-refractivity contribution in [2.24, 2.45) is 0 Å². The third kappa shape index (κ3) is 3.14. The molecule has 0 radical (unpaired) electrons. The van der Waals surface area contributed by atoms with E-state index in [-0.39, 0.29) is 11.9 Å². The van der Waals surface area contributed by atoms with Crippen molar-refractivity contribution in [2.45, 2.75) is 26.4 Å². The van der Waals surface area contributed by atoms with E-state index in [0.29, 0.717) is 12.4 Å². The summed E-state index contributed by atoms with van der Waals surface area (Å²) in [5.41, 5.74) is 0.910. The van der Waals surface area contributed by atoms with Crippen molar-refractivity contribution in [3.63, 3.8) is 0 Å². The summed E-state index contributed by atoms with van der Waals surface area (Å²) in [5.74, 6) is 1.22. The molecule has 1 aromatic carbocycles. The van der Waals surface area contributed by atoms with Crippen molar-refractivity contribution >= 4 is 0 Å². The molecule has 1 aromatic heterocycles. The van der Waals surface area contributed by atoms with Crippen LogP contribution < -0.4 is 5.32 Å². The Morgan fingerprint density at radius 3 is 2.94 bits per heavy atom. The Morgan fingerprint density at radius 1 is 1.47 bits per heavy atom. The van der Waals surface area contributed by atoms with Crippen LogP contribution in [0.5, 0.6) is 0 Å². The highest BCUT2D eigenvalue weighted by atomic mass is 19.1. The monoisotopic (exact) mass is 234 g/mol. The average molecular weight is 234 g/mol. The Labute approximate surface area is 99.7 Å². The van der Waals surface area contributed by atoms with Crippen LogP contribution in [0.3, 0.4) is 0 Å². The molecule has 2 rings (SSSR count). The standard InChI is InChI=1S/C13H15FN2O/c1-9-7-16-13(17-9)8-15-10(2)11-4-3-5-12(14)6-11/h3-7,10,15H,8H2,1-2H3. The normalized spacial score (nSPS) is 12.6. The number of hydrogen-bond donors (Lipinski definition) is 1. The lowest BCUT2D eigenvalue weighted by atomic mass is 10.1. The van der Waals surface area contributed by atoms with Crippen LogP contribution in [0.25, 0.3) is 0 Å². The van der Waals surface area contributed by atoms with Gasteiger partial charge in [-0.15, -0.1) is 0 Å². The molecule has 0 fully saturated rings. The second kappa shape index (κ2) is 5.10. The van der Waals surface area contributed by atoms with Crippen LogP contribution in [-0.2, 0) is 6.54 Å². The van der Waals surface area contributed by atoms with Gasteiger partial charge in [-0.25, -0.2) is 9.37 Å². The highest BCUT2D eigenvalue weighted by Gasteiger charge is 2.07. The number of benzene rings is 1. The maximum Gasteiger partial charge on any atom is 0.208 e. The zero-order valence-corrected chi connectivity index (χ0v) is 9.90. The zero-order valence-electron chi connectivity index (χ0n) is 9.90. The minimum Gasteiger partial charge on any atom is -0.445 e. The molecule has 1 atom stereocenters. The number of oxazole rings is 1. The summed E-state index contributed by atoms with van der Waals surface area (Å²) in [6.45, 7) is 4.36. The Kier molecular flexibility index (Phi) is 3.54. The van der Waals surface area contributed by atoms with Crippen molar-refractivity contribution in [3.05, 3.63) is 53.5 Å². The van der Waals surface area contributed by atoms with E-state index in [1.807, 2.05) is 19.9 Å². The molecule has 0 saturated heterocycles. The van der Waals surface area contributed by atoms with Crippen molar-refractivity contribution < 1.29 is 8.81 Å². The summed E-state index contributed by atoms with van der Waals surface area (Å²) < 4.78 is 18.4. The minimum absolute atomic E-state index is 0.0536. The van der Waals surface area contributed by atoms with Crippen molar-refractivity contribution in [1.29, 1.82) is 0 Å². The van der Waals surface area contributed by atoms with E-state index in [1.54, 1.807) is 12.3 Å². The topological polar surface area (TPSA) is 38.1 Å². The van der Waals surface area contributed by atoms with Gasteiger partial charge in [0, 0.05) is 6.04 Å². The number of aryl methyl sites for hydroxylation is 1. The predicted molar refractivity (Wildman–Crippen MR) is 62.9 cm³/mol. The minimum atomic E-state index is -0.219. The predicted octanol–water partition coefficient (Wildman–Crippen LogP) is 2.97. The molecule has 4 heteroatoms. The lowest BCUT2D eigenvalue weighted by Gasteiger charge is -2.12. The summed E-state index contributed by atoms with van der Waals surface area (Å²) in [4.78, 5) is 4.10. The van der Waals surface area contributed by atoms with Crippen LogP contribution in [0.1, 0.15) is 30.2 Å². The maximum atomic E-state index is 13.0. The van der Waals surface area contributed by atoms with E-state index < -0.39 is 0 Å². The fourth-order valence-electron chi connectivity index (χ4n) is 1.62. The molecule has 90 valence electrons. The van der Waals surface area contributed by atoms with Crippen LogP contribution in [0, 0.1) is 12.7 Å². The summed E-state index contributed by atoms with van der Waals surface area (Å²) in [7, 11) is 0. The van der Waals surface area contributed by atoms with E-state index in [0.717, 1.165) is 11.3 Å². The van der Waals surface area contributed by atoms with Crippen LogP contribution >= 0.6 is 0 Å². The van der Waals surface area contributed by atoms with Gasteiger partial charge in [0.25, 0.3) is 0 Å². The Hall–Kier alpha value is -1.68. The van der Waals surface area contributed by atoms with E-state index in [4.69, 9.17) is 4.42 Å². The third-order valence-corrected chi connectivity index (χ3v) is 2.58. The second-order valence-electron chi connectivity index (χ2n) is 4.02. The number of nitrogens with zero attached hydrogens (tertiary/aromatic N) is 1. The van der Waals surface area contributed by atoms with Crippen LogP contribution in [0.2, 0.25) is 0 Å².